The molecule has 0 bridgehead atoms. The number of Topliss-reactive ketones (excluding diaryl/α,β-unsaturated/α-hetero) is 1. The van der Waals surface area contributed by atoms with Crippen LogP contribution in [0.4, 0.5) is 0 Å². The smallest absolute Gasteiger partial charge is 0.331 e. The van der Waals surface area contributed by atoms with Crippen molar-refractivity contribution in [1.29, 1.82) is 0 Å². The molecule has 1 aliphatic rings. The molecule has 5 rings (SSSR count). The fraction of sp³-hybridized carbons (Fsp3) is 0.250. The maximum absolute atomic E-state index is 13.6. The average molecular weight is 503 g/mol. The number of fused-ring (bicyclic) bond motifs is 2. The van der Waals surface area contributed by atoms with E-state index >= 15 is 0 Å². The Morgan fingerprint density at radius 2 is 1.86 bits per heavy atom. The molecule has 1 aliphatic heterocycles. The lowest BCUT2D eigenvalue weighted by Crippen LogP contribution is -2.49. The largest absolute Gasteiger partial charge is 0.497 e. The monoisotopic (exact) mass is 502 g/mol. The van der Waals surface area contributed by atoms with Crippen molar-refractivity contribution in [1.82, 2.24) is 9.88 Å². The normalized spacial score (nSPS) is 15.5. The minimum atomic E-state index is -1.05. The number of benzene rings is 3. The van der Waals surface area contributed by atoms with Crippen LogP contribution in [0.25, 0.3) is 21.3 Å². The number of hydrogen-bond donors (Lipinski definition) is 0. The molecule has 8 heteroatoms. The van der Waals surface area contributed by atoms with E-state index in [0.29, 0.717) is 35.2 Å². The summed E-state index contributed by atoms with van der Waals surface area (Å²) in [6.45, 7) is 2.58. The summed E-state index contributed by atoms with van der Waals surface area (Å²) in [7, 11) is 3.17. The molecular weight excluding hydrogens is 476 g/mol. The minimum absolute atomic E-state index is 0.195. The van der Waals surface area contributed by atoms with Crippen LogP contribution >= 0.6 is 11.3 Å². The van der Waals surface area contributed by atoms with Gasteiger partial charge in [0.05, 0.1) is 31.4 Å². The van der Waals surface area contributed by atoms with Gasteiger partial charge in [-0.15, -0.1) is 11.3 Å². The summed E-state index contributed by atoms with van der Waals surface area (Å²) >= 11 is 1.33. The number of esters is 1. The Morgan fingerprint density at radius 3 is 2.61 bits per heavy atom. The molecule has 0 aliphatic carbocycles. The molecule has 1 aromatic heterocycles. The Hall–Kier alpha value is -3.75. The first-order chi connectivity index (χ1) is 17.5. The number of thiazole rings is 1. The third-order valence-electron chi connectivity index (χ3n) is 6.26. The van der Waals surface area contributed by atoms with Crippen LogP contribution in [0.5, 0.6) is 11.5 Å². The van der Waals surface area contributed by atoms with E-state index in [1.807, 2.05) is 30.3 Å². The van der Waals surface area contributed by atoms with Gasteiger partial charge in [0.2, 0.25) is 5.78 Å². The number of nitrogens with zero attached hydrogens (tertiary/aromatic N) is 2. The second-order valence-electron chi connectivity index (χ2n) is 8.46. The molecule has 1 unspecified atom stereocenters. The minimum Gasteiger partial charge on any atom is -0.497 e. The molecule has 2 heterocycles. The van der Waals surface area contributed by atoms with Gasteiger partial charge in [0.25, 0.3) is 0 Å². The fourth-order valence-corrected chi connectivity index (χ4v) is 5.53. The van der Waals surface area contributed by atoms with Gasteiger partial charge >= 0.3 is 5.97 Å². The zero-order valence-corrected chi connectivity index (χ0v) is 21.1. The quantitative estimate of drug-likeness (QED) is 0.257. The SMILES string of the molecule is CCOC(=O)C1C(=O)c2sc(-c3ccc4ccccc4c3)nc2CN1Cc1ccc(OC)cc1OC. The first kappa shape index (κ1) is 24.0. The standard InChI is InChI=1S/C28H26N2O5S/c1-4-35-28(32)24-25(31)26-22(16-30(24)15-20-11-12-21(33-2)14-23(20)34-3)29-27(36-26)19-10-9-17-7-5-6-8-18(17)13-19/h5-14,24H,4,15-16H2,1-3H3. The van der Waals surface area contributed by atoms with E-state index in [9.17, 15) is 9.59 Å². The van der Waals surface area contributed by atoms with E-state index in [1.54, 1.807) is 32.1 Å². The summed E-state index contributed by atoms with van der Waals surface area (Å²) in [6, 6.07) is 18.7. The van der Waals surface area contributed by atoms with E-state index in [1.165, 1.54) is 11.3 Å². The van der Waals surface area contributed by atoms with Gasteiger partial charge < -0.3 is 14.2 Å². The Balaban J connectivity index is 1.52. The predicted octanol–water partition coefficient (Wildman–Crippen LogP) is 5.11. The first-order valence-corrected chi connectivity index (χ1v) is 12.5. The molecule has 0 amide bonds. The van der Waals surface area contributed by atoms with Crippen molar-refractivity contribution < 1.29 is 23.8 Å². The number of carbonyl (C=O) groups is 2. The number of carbonyl (C=O) groups excluding carboxylic acids is 2. The number of ketones is 1. The van der Waals surface area contributed by atoms with Crippen LogP contribution in [0.2, 0.25) is 0 Å². The van der Waals surface area contributed by atoms with Crippen LogP contribution < -0.4 is 9.47 Å². The van der Waals surface area contributed by atoms with Gasteiger partial charge in [-0.05, 0) is 29.8 Å². The van der Waals surface area contributed by atoms with Crippen molar-refractivity contribution in [2.24, 2.45) is 0 Å². The summed E-state index contributed by atoms with van der Waals surface area (Å²) in [4.78, 5) is 33.7. The molecule has 0 N–H and O–H groups in total. The van der Waals surface area contributed by atoms with Crippen LogP contribution in [-0.4, -0.2) is 48.5 Å². The Kier molecular flexibility index (Phi) is 6.71. The van der Waals surface area contributed by atoms with E-state index in [4.69, 9.17) is 19.2 Å². The summed E-state index contributed by atoms with van der Waals surface area (Å²) in [5.74, 6) is 0.437. The van der Waals surface area contributed by atoms with Crippen molar-refractivity contribution in [2.45, 2.75) is 26.1 Å². The van der Waals surface area contributed by atoms with Crippen molar-refractivity contribution in [3.8, 4) is 22.1 Å². The van der Waals surface area contributed by atoms with Gasteiger partial charge in [-0.2, -0.15) is 0 Å². The Bertz CT molecular complexity index is 1450. The molecule has 7 nitrogen and oxygen atoms in total. The predicted molar refractivity (Wildman–Crippen MR) is 139 cm³/mol. The van der Waals surface area contributed by atoms with Gasteiger partial charge in [-0.3, -0.25) is 9.69 Å². The van der Waals surface area contributed by atoms with Gasteiger partial charge in [0.1, 0.15) is 16.5 Å². The number of aromatic nitrogens is 1. The highest BCUT2D eigenvalue weighted by atomic mass is 32.1. The third kappa shape index (κ3) is 4.45. The number of rotatable bonds is 7. The zero-order chi connectivity index (χ0) is 25.2. The van der Waals surface area contributed by atoms with Crippen LogP contribution in [0.3, 0.4) is 0 Å². The number of ether oxygens (including phenoxy) is 3. The Labute approximate surface area is 213 Å². The van der Waals surface area contributed by atoms with E-state index in [-0.39, 0.29) is 12.4 Å². The van der Waals surface area contributed by atoms with Crippen molar-refractivity contribution >= 4 is 33.9 Å². The summed E-state index contributed by atoms with van der Waals surface area (Å²) in [6.07, 6.45) is 0. The van der Waals surface area contributed by atoms with Crippen molar-refractivity contribution in [2.75, 3.05) is 20.8 Å². The van der Waals surface area contributed by atoms with Crippen molar-refractivity contribution in [3.05, 3.63) is 76.8 Å². The van der Waals surface area contributed by atoms with Gasteiger partial charge in [-0.1, -0.05) is 42.5 Å². The maximum Gasteiger partial charge on any atom is 0.331 e. The summed E-state index contributed by atoms with van der Waals surface area (Å²) in [5, 5.41) is 3.00. The highest BCUT2D eigenvalue weighted by molar-refractivity contribution is 7.17. The van der Waals surface area contributed by atoms with Gasteiger partial charge in [0.15, 0.2) is 6.04 Å². The molecule has 1 atom stereocenters. The maximum atomic E-state index is 13.6. The lowest BCUT2D eigenvalue weighted by Gasteiger charge is -2.32. The highest BCUT2D eigenvalue weighted by Gasteiger charge is 2.42. The highest BCUT2D eigenvalue weighted by Crippen LogP contribution is 2.36. The molecule has 4 aromatic rings. The molecule has 0 saturated heterocycles. The lowest BCUT2D eigenvalue weighted by molar-refractivity contribution is -0.148. The van der Waals surface area contributed by atoms with Gasteiger partial charge in [0, 0.05) is 30.3 Å². The molecule has 3 aromatic carbocycles. The van der Waals surface area contributed by atoms with E-state index in [2.05, 4.69) is 24.3 Å². The Morgan fingerprint density at radius 1 is 1.06 bits per heavy atom. The van der Waals surface area contributed by atoms with Gasteiger partial charge in [-0.25, -0.2) is 9.78 Å². The molecule has 0 radical (unpaired) electrons. The third-order valence-corrected chi connectivity index (χ3v) is 7.42. The summed E-state index contributed by atoms with van der Waals surface area (Å²) < 4.78 is 16.1. The fourth-order valence-electron chi connectivity index (χ4n) is 4.50. The molecular formula is C28H26N2O5S. The lowest BCUT2D eigenvalue weighted by atomic mass is 10.0. The molecule has 0 spiro atoms. The van der Waals surface area contributed by atoms with E-state index < -0.39 is 12.0 Å². The van der Waals surface area contributed by atoms with Crippen LogP contribution in [-0.2, 0) is 22.6 Å². The first-order valence-electron chi connectivity index (χ1n) is 11.7. The van der Waals surface area contributed by atoms with E-state index in [0.717, 1.165) is 26.9 Å². The second kappa shape index (κ2) is 10.1. The van der Waals surface area contributed by atoms with Crippen LogP contribution in [0, 0.1) is 0 Å². The molecule has 184 valence electrons. The van der Waals surface area contributed by atoms with Crippen LogP contribution in [0.1, 0.15) is 27.9 Å². The summed E-state index contributed by atoms with van der Waals surface area (Å²) in [5.41, 5.74) is 2.44. The topological polar surface area (TPSA) is 78.0 Å². The molecule has 36 heavy (non-hydrogen) atoms. The number of methoxy groups -OCH3 is 2. The number of hydrogen-bond acceptors (Lipinski definition) is 8. The van der Waals surface area contributed by atoms with Crippen LogP contribution in [0.15, 0.2) is 60.7 Å². The molecule has 0 fully saturated rings. The second-order valence-corrected chi connectivity index (χ2v) is 9.46. The zero-order valence-electron chi connectivity index (χ0n) is 20.3. The molecule has 0 saturated carbocycles. The van der Waals surface area contributed by atoms with Crippen molar-refractivity contribution in [3.63, 3.8) is 0 Å². The average Bonchev–Trinajstić information content (AvgIpc) is 3.33.